The van der Waals surface area contributed by atoms with Crippen molar-refractivity contribution in [2.75, 3.05) is 13.6 Å². The topological polar surface area (TPSA) is 3.24 Å². The molecule has 0 aromatic carbocycles. The Morgan fingerprint density at radius 2 is 2.00 bits per heavy atom. The van der Waals surface area contributed by atoms with Crippen molar-refractivity contribution in [3.8, 4) is 0 Å². The van der Waals surface area contributed by atoms with Gasteiger partial charge in [-0.25, -0.2) is 0 Å². The monoisotopic (exact) mass is 177 g/mol. The Morgan fingerprint density at radius 3 is 2.42 bits per heavy atom. The van der Waals surface area contributed by atoms with Gasteiger partial charge in [-0.3, -0.25) is 0 Å². The molecule has 4 heteroatoms. The minimum absolute atomic E-state index is 0.331. The molecule has 68 valence electrons. The van der Waals surface area contributed by atoms with Crippen LogP contribution >= 0.6 is 0 Å². The first-order valence-corrected chi connectivity index (χ1v) is 3.58. The van der Waals surface area contributed by atoms with E-state index < -0.39 is 11.7 Å². The van der Waals surface area contributed by atoms with E-state index in [9.17, 15) is 13.2 Å². The molecule has 0 radical (unpaired) electrons. The van der Waals surface area contributed by atoms with E-state index in [2.05, 4.69) is 0 Å². The molecule has 1 rings (SSSR count). The molecule has 0 saturated heterocycles. The lowest BCUT2D eigenvalue weighted by Crippen LogP contribution is -2.23. The number of likely N-dealkylation sites (N-methyl/N-ethyl adjacent to an activating group) is 1. The predicted molar refractivity (Wildman–Crippen MR) is 40.5 cm³/mol. The molecule has 0 aromatic heterocycles. The average Bonchev–Trinajstić information content (AvgIpc) is 1.92. The third-order valence-corrected chi connectivity index (χ3v) is 1.88. The molecule has 0 aromatic rings. The quantitative estimate of drug-likeness (QED) is 0.548. The van der Waals surface area contributed by atoms with E-state index in [1.165, 1.54) is 6.08 Å². The summed E-state index contributed by atoms with van der Waals surface area (Å²) in [7, 11) is 1.76. The minimum atomic E-state index is -4.21. The Hall–Kier alpha value is -0.930. The number of allylic oxidation sites excluding steroid dienone is 3. The van der Waals surface area contributed by atoms with Crippen LogP contribution in [0.15, 0.2) is 23.4 Å². The van der Waals surface area contributed by atoms with Gasteiger partial charge in [0.1, 0.15) is 0 Å². The number of hydrogen-bond acceptors (Lipinski definition) is 1. The van der Waals surface area contributed by atoms with Gasteiger partial charge < -0.3 is 4.90 Å². The molecule has 1 nitrogen and oxygen atoms in total. The van der Waals surface area contributed by atoms with Gasteiger partial charge in [-0.05, 0) is 13.0 Å². The van der Waals surface area contributed by atoms with Crippen LogP contribution in [0, 0.1) is 0 Å². The number of hydrogen-bond donors (Lipinski definition) is 0. The van der Waals surface area contributed by atoms with E-state index in [1.54, 1.807) is 18.9 Å². The van der Waals surface area contributed by atoms with Gasteiger partial charge in [0.25, 0.3) is 0 Å². The highest BCUT2D eigenvalue weighted by Crippen LogP contribution is 2.29. The Kier molecular flexibility index (Phi) is 2.17. The Labute approximate surface area is 69.2 Å². The van der Waals surface area contributed by atoms with Crippen molar-refractivity contribution >= 4 is 0 Å². The fourth-order valence-corrected chi connectivity index (χ4v) is 0.971. The molecule has 0 N–H and O–H groups in total. The fourth-order valence-electron chi connectivity index (χ4n) is 0.971. The molecule has 0 bridgehead atoms. The van der Waals surface area contributed by atoms with Gasteiger partial charge in [0, 0.05) is 19.3 Å². The molecule has 0 amide bonds. The van der Waals surface area contributed by atoms with E-state index in [-0.39, 0.29) is 0 Å². The second kappa shape index (κ2) is 2.84. The van der Waals surface area contributed by atoms with Crippen molar-refractivity contribution in [1.82, 2.24) is 4.90 Å². The Balaban J connectivity index is 2.85. The van der Waals surface area contributed by atoms with Crippen LogP contribution in [0.3, 0.4) is 0 Å². The van der Waals surface area contributed by atoms with Crippen molar-refractivity contribution in [2.24, 2.45) is 0 Å². The molecule has 0 unspecified atom stereocenters. The van der Waals surface area contributed by atoms with Crippen molar-refractivity contribution in [1.29, 1.82) is 0 Å². The minimum Gasteiger partial charge on any atom is -0.374 e. The summed E-state index contributed by atoms with van der Waals surface area (Å²) < 4.78 is 36.3. The molecule has 0 atom stereocenters. The highest BCUT2D eigenvalue weighted by molar-refractivity contribution is 5.30. The smallest absolute Gasteiger partial charge is 0.374 e. The average molecular weight is 177 g/mol. The first-order valence-electron chi connectivity index (χ1n) is 3.58. The second-order valence-electron chi connectivity index (χ2n) is 2.82. The summed E-state index contributed by atoms with van der Waals surface area (Å²) in [6.45, 7) is 2.00. The number of rotatable bonds is 0. The van der Waals surface area contributed by atoms with E-state index in [1.807, 2.05) is 0 Å². The molecule has 1 aliphatic heterocycles. The first-order chi connectivity index (χ1) is 5.41. The molecule has 0 fully saturated rings. The van der Waals surface area contributed by atoms with Crippen LogP contribution in [0.1, 0.15) is 6.92 Å². The van der Waals surface area contributed by atoms with Crippen LogP contribution in [0.2, 0.25) is 0 Å². The zero-order chi connectivity index (χ0) is 9.35. The van der Waals surface area contributed by atoms with Gasteiger partial charge in [-0.2, -0.15) is 13.2 Å². The van der Waals surface area contributed by atoms with Crippen molar-refractivity contribution in [2.45, 2.75) is 13.1 Å². The SMILES string of the molecule is CC1=CC(C(F)(F)F)=CCN1C. The van der Waals surface area contributed by atoms with Gasteiger partial charge in [0.2, 0.25) is 0 Å². The van der Waals surface area contributed by atoms with Crippen molar-refractivity contribution in [3.05, 3.63) is 23.4 Å². The highest BCUT2D eigenvalue weighted by Gasteiger charge is 2.33. The molecular weight excluding hydrogens is 167 g/mol. The molecule has 0 aliphatic carbocycles. The van der Waals surface area contributed by atoms with Crippen LogP contribution in [0.4, 0.5) is 13.2 Å². The molecule has 0 saturated carbocycles. The summed E-state index contributed by atoms with van der Waals surface area (Å²) in [6, 6.07) is 0. The van der Waals surface area contributed by atoms with Crippen molar-refractivity contribution < 1.29 is 13.2 Å². The Morgan fingerprint density at radius 1 is 1.42 bits per heavy atom. The van der Waals surface area contributed by atoms with Crippen LogP contribution in [-0.4, -0.2) is 24.7 Å². The van der Waals surface area contributed by atoms with E-state index >= 15 is 0 Å². The Bertz CT molecular complexity index is 237. The van der Waals surface area contributed by atoms with Gasteiger partial charge in [-0.1, -0.05) is 6.08 Å². The molecule has 0 spiro atoms. The van der Waals surface area contributed by atoms with Crippen LogP contribution < -0.4 is 0 Å². The lowest BCUT2D eigenvalue weighted by atomic mass is 10.1. The maximum Gasteiger partial charge on any atom is 0.416 e. The third-order valence-electron chi connectivity index (χ3n) is 1.88. The fraction of sp³-hybridized carbons (Fsp3) is 0.500. The van der Waals surface area contributed by atoms with Gasteiger partial charge in [-0.15, -0.1) is 0 Å². The van der Waals surface area contributed by atoms with Crippen LogP contribution in [0.25, 0.3) is 0 Å². The summed E-state index contributed by atoms with van der Waals surface area (Å²) in [5.74, 6) is 0. The maximum atomic E-state index is 12.1. The standard InChI is InChI=1S/C8H10F3N/c1-6-5-7(8(9,10)11)3-4-12(6)2/h3,5H,4H2,1-2H3. The van der Waals surface area contributed by atoms with E-state index in [4.69, 9.17) is 0 Å². The summed E-state index contributed by atoms with van der Waals surface area (Å²) >= 11 is 0. The van der Waals surface area contributed by atoms with Crippen LogP contribution in [-0.2, 0) is 0 Å². The lowest BCUT2D eigenvalue weighted by Gasteiger charge is -2.23. The summed E-state index contributed by atoms with van der Waals surface area (Å²) in [6.07, 6.45) is -1.86. The highest BCUT2D eigenvalue weighted by atomic mass is 19.4. The van der Waals surface area contributed by atoms with Crippen molar-refractivity contribution in [3.63, 3.8) is 0 Å². The van der Waals surface area contributed by atoms with Gasteiger partial charge in [0.15, 0.2) is 0 Å². The van der Waals surface area contributed by atoms with Crippen LogP contribution in [0.5, 0.6) is 0 Å². The summed E-state index contributed by atoms with van der Waals surface area (Å²) in [5.41, 5.74) is 0.0999. The maximum absolute atomic E-state index is 12.1. The normalized spacial score (nSPS) is 18.9. The number of nitrogens with zero attached hydrogens (tertiary/aromatic N) is 1. The van der Waals surface area contributed by atoms with E-state index in [0.29, 0.717) is 12.2 Å². The third kappa shape index (κ3) is 1.81. The number of halogens is 3. The van der Waals surface area contributed by atoms with Gasteiger partial charge >= 0.3 is 6.18 Å². The molecular formula is C8H10F3N. The molecule has 12 heavy (non-hydrogen) atoms. The summed E-state index contributed by atoms with van der Waals surface area (Å²) in [5, 5.41) is 0. The predicted octanol–water partition coefficient (Wildman–Crippen LogP) is 2.32. The van der Waals surface area contributed by atoms with Gasteiger partial charge in [0.05, 0.1) is 5.57 Å². The first kappa shape index (κ1) is 9.16. The largest absolute Gasteiger partial charge is 0.416 e. The summed E-state index contributed by atoms with van der Waals surface area (Å²) in [4.78, 5) is 1.76. The molecule has 1 heterocycles. The zero-order valence-corrected chi connectivity index (χ0v) is 6.94. The second-order valence-corrected chi connectivity index (χ2v) is 2.82. The van der Waals surface area contributed by atoms with E-state index in [0.717, 1.165) is 6.08 Å². The lowest BCUT2D eigenvalue weighted by molar-refractivity contribution is -0.0889. The molecule has 1 aliphatic rings. The number of alkyl halides is 3. The zero-order valence-electron chi connectivity index (χ0n) is 6.94.